The molecule has 0 radical (unpaired) electrons. The number of nitrogens with two attached hydrogens (primary N) is 1. The van der Waals surface area contributed by atoms with E-state index in [0.717, 1.165) is 22.2 Å². The lowest BCUT2D eigenvalue weighted by atomic mass is 10.5. The number of nitriles is 1. The number of aromatic nitrogens is 2. The summed E-state index contributed by atoms with van der Waals surface area (Å²) in [5.41, 5.74) is 0. The van der Waals surface area contributed by atoms with Crippen LogP contribution in [0.4, 0.5) is 5.82 Å². The van der Waals surface area contributed by atoms with Gasteiger partial charge in [-0.3, -0.25) is 9.40 Å². The minimum Gasteiger partial charge on any atom is -0.272 e. The van der Waals surface area contributed by atoms with Gasteiger partial charge in [-0.05, 0) is 12.1 Å². The molecule has 2 rings (SSSR count). The van der Waals surface area contributed by atoms with Gasteiger partial charge in [0, 0.05) is 13.2 Å². The van der Waals surface area contributed by atoms with Crippen molar-refractivity contribution < 1.29 is 16.8 Å². The average Bonchev–Trinajstić information content (AvgIpc) is 2.94. The lowest BCUT2D eigenvalue weighted by Crippen LogP contribution is -2.17. The highest BCUT2D eigenvalue weighted by atomic mass is 32.2. The molecule has 2 aromatic rings. The third-order valence-corrected chi connectivity index (χ3v) is 6.02. The Bertz CT molecular complexity index is 932. The van der Waals surface area contributed by atoms with E-state index in [-0.39, 0.29) is 9.09 Å². The Morgan fingerprint density at radius 1 is 1.38 bits per heavy atom. The smallest absolute Gasteiger partial charge is 0.272 e. The van der Waals surface area contributed by atoms with E-state index in [1.54, 1.807) is 0 Å². The third-order valence-electron chi connectivity index (χ3n) is 2.29. The van der Waals surface area contributed by atoms with Crippen molar-refractivity contribution in [2.75, 3.05) is 4.72 Å². The van der Waals surface area contributed by atoms with Crippen LogP contribution in [-0.2, 0) is 27.1 Å². The molecule has 0 amide bonds. The Hall–Kier alpha value is -1.94. The second kappa shape index (κ2) is 5.11. The number of rotatable bonds is 4. The molecule has 0 atom stereocenters. The van der Waals surface area contributed by atoms with Crippen LogP contribution in [0.5, 0.6) is 0 Å². The van der Waals surface area contributed by atoms with Gasteiger partial charge in [0.25, 0.3) is 10.0 Å². The van der Waals surface area contributed by atoms with Gasteiger partial charge in [0.15, 0.2) is 5.82 Å². The minimum absolute atomic E-state index is 0.134. The summed E-state index contributed by atoms with van der Waals surface area (Å²) in [7, 11) is -6.75. The van der Waals surface area contributed by atoms with Crippen molar-refractivity contribution in [1.82, 2.24) is 9.78 Å². The molecule has 21 heavy (non-hydrogen) atoms. The zero-order valence-corrected chi connectivity index (χ0v) is 13.0. The lowest BCUT2D eigenvalue weighted by Gasteiger charge is -2.04. The van der Waals surface area contributed by atoms with Crippen molar-refractivity contribution in [1.29, 1.82) is 5.26 Å². The van der Waals surface area contributed by atoms with E-state index in [9.17, 15) is 16.8 Å². The second-order valence-corrected chi connectivity index (χ2v) is 8.42. The molecular weight excluding hydrogens is 338 g/mol. The van der Waals surface area contributed by atoms with Crippen molar-refractivity contribution in [3.63, 3.8) is 0 Å². The first-order valence-electron chi connectivity index (χ1n) is 5.22. The van der Waals surface area contributed by atoms with Crippen molar-refractivity contribution in [2.45, 2.75) is 9.10 Å². The number of aryl methyl sites for hydroxylation is 1. The van der Waals surface area contributed by atoms with Gasteiger partial charge in [-0.2, -0.15) is 10.4 Å². The highest BCUT2D eigenvalue weighted by molar-refractivity contribution is 7.94. The first-order valence-corrected chi connectivity index (χ1v) is 9.07. The van der Waals surface area contributed by atoms with E-state index in [4.69, 9.17) is 10.4 Å². The van der Waals surface area contributed by atoms with Crippen LogP contribution in [0.25, 0.3) is 0 Å². The Balaban J connectivity index is 2.45. The molecule has 0 aliphatic heterocycles. The summed E-state index contributed by atoms with van der Waals surface area (Å²) in [5.74, 6) is -0.396. The molecule has 0 aromatic carbocycles. The predicted octanol–water partition coefficient (Wildman–Crippen LogP) is -0.199. The molecule has 12 heteroatoms. The quantitative estimate of drug-likeness (QED) is 0.782. The highest BCUT2D eigenvalue weighted by Crippen LogP contribution is 2.25. The van der Waals surface area contributed by atoms with Crippen LogP contribution in [0, 0.1) is 11.3 Å². The van der Waals surface area contributed by atoms with Crippen LogP contribution < -0.4 is 9.86 Å². The summed E-state index contributed by atoms with van der Waals surface area (Å²) in [6.45, 7) is 0. The predicted molar refractivity (Wildman–Crippen MR) is 74.4 cm³/mol. The van der Waals surface area contributed by atoms with Gasteiger partial charge in [0.2, 0.25) is 10.0 Å². The fourth-order valence-corrected chi connectivity index (χ4v) is 4.29. The van der Waals surface area contributed by atoms with Crippen molar-refractivity contribution in [2.24, 2.45) is 12.2 Å². The molecule has 9 nitrogen and oxygen atoms in total. The monoisotopic (exact) mass is 347 g/mol. The molecule has 0 aliphatic carbocycles. The number of hydrogen-bond acceptors (Lipinski definition) is 7. The Labute approximate surface area is 124 Å². The van der Waals surface area contributed by atoms with Gasteiger partial charge >= 0.3 is 0 Å². The summed E-state index contributed by atoms with van der Waals surface area (Å²) in [4.78, 5) is -0.228. The maximum atomic E-state index is 12.1. The fourth-order valence-electron chi connectivity index (χ4n) is 1.45. The Morgan fingerprint density at radius 3 is 2.57 bits per heavy atom. The number of anilines is 1. The lowest BCUT2D eigenvalue weighted by molar-refractivity contribution is 0.598. The van der Waals surface area contributed by atoms with Gasteiger partial charge < -0.3 is 0 Å². The average molecular weight is 347 g/mol. The molecule has 0 saturated carbocycles. The fraction of sp³-hybridized carbons (Fsp3) is 0.111. The Kier molecular flexibility index (Phi) is 3.76. The molecule has 0 spiro atoms. The molecule has 0 fully saturated rings. The number of thiophene rings is 1. The first kappa shape index (κ1) is 15.4. The standard InChI is InChI=1S/C9H9N5O4S3/c1-14-5-7(20(11,15)16)9(12-14)13-21(17,18)8-3-2-6(4-10)19-8/h2-3,5H,1H3,(H,12,13)(H2,11,15,16). The Morgan fingerprint density at radius 2 is 2.05 bits per heavy atom. The molecule has 0 unspecified atom stereocenters. The highest BCUT2D eigenvalue weighted by Gasteiger charge is 2.24. The van der Waals surface area contributed by atoms with Gasteiger partial charge in [0.1, 0.15) is 20.1 Å². The van der Waals surface area contributed by atoms with E-state index < -0.39 is 30.8 Å². The van der Waals surface area contributed by atoms with Crippen LogP contribution in [0.2, 0.25) is 0 Å². The zero-order chi connectivity index (χ0) is 15.8. The van der Waals surface area contributed by atoms with Crippen LogP contribution >= 0.6 is 11.3 Å². The topological polar surface area (TPSA) is 148 Å². The van der Waals surface area contributed by atoms with Crippen LogP contribution in [0.15, 0.2) is 27.4 Å². The number of hydrogen-bond donors (Lipinski definition) is 2. The van der Waals surface area contributed by atoms with Gasteiger partial charge in [0.05, 0.1) is 0 Å². The molecular formula is C9H9N5O4S3. The van der Waals surface area contributed by atoms with Crippen LogP contribution in [-0.4, -0.2) is 26.6 Å². The van der Waals surface area contributed by atoms with E-state index >= 15 is 0 Å². The maximum absolute atomic E-state index is 12.1. The molecule has 2 heterocycles. The largest absolute Gasteiger partial charge is 0.272 e. The summed E-state index contributed by atoms with van der Waals surface area (Å²) in [5, 5.41) is 17.4. The number of sulfonamides is 2. The molecule has 112 valence electrons. The SMILES string of the molecule is Cn1cc(S(N)(=O)=O)c(NS(=O)(=O)c2ccc(C#N)s2)n1. The normalized spacial score (nSPS) is 12.0. The summed E-state index contributed by atoms with van der Waals surface area (Å²) < 4.78 is 50.1. The molecule has 0 saturated heterocycles. The molecule has 0 bridgehead atoms. The maximum Gasteiger partial charge on any atom is 0.272 e. The van der Waals surface area contributed by atoms with E-state index in [1.165, 1.54) is 19.2 Å². The molecule has 3 N–H and O–H groups in total. The van der Waals surface area contributed by atoms with Gasteiger partial charge in [-0.1, -0.05) is 0 Å². The van der Waals surface area contributed by atoms with Crippen LogP contribution in [0.3, 0.4) is 0 Å². The summed E-state index contributed by atoms with van der Waals surface area (Å²) in [6, 6.07) is 4.40. The minimum atomic E-state index is -4.13. The van der Waals surface area contributed by atoms with E-state index in [1.807, 2.05) is 6.07 Å². The second-order valence-electron chi connectivity index (χ2n) is 3.90. The van der Waals surface area contributed by atoms with E-state index in [2.05, 4.69) is 9.82 Å². The first-order chi connectivity index (χ1) is 9.63. The number of nitrogens with zero attached hydrogens (tertiary/aromatic N) is 3. The van der Waals surface area contributed by atoms with Gasteiger partial charge in [-0.15, -0.1) is 11.3 Å². The van der Waals surface area contributed by atoms with Crippen LogP contribution in [0.1, 0.15) is 4.88 Å². The summed E-state index contributed by atoms with van der Waals surface area (Å²) >= 11 is 0.752. The van der Waals surface area contributed by atoms with Crippen molar-refractivity contribution >= 4 is 37.2 Å². The zero-order valence-electron chi connectivity index (χ0n) is 10.5. The molecule has 0 aliphatic rings. The van der Waals surface area contributed by atoms with E-state index in [0.29, 0.717) is 0 Å². The molecule has 2 aromatic heterocycles. The number of primary sulfonamides is 1. The van der Waals surface area contributed by atoms with Crippen molar-refractivity contribution in [3.8, 4) is 6.07 Å². The van der Waals surface area contributed by atoms with Gasteiger partial charge in [-0.25, -0.2) is 22.0 Å². The number of nitrogens with one attached hydrogen (secondary N) is 1. The van der Waals surface area contributed by atoms with Crippen molar-refractivity contribution in [3.05, 3.63) is 23.2 Å². The third kappa shape index (κ3) is 3.22. The summed E-state index contributed by atoms with van der Waals surface area (Å²) in [6.07, 6.45) is 1.09.